The molecule has 1 amide bonds. The van der Waals surface area contributed by atoms with E-state index in [-0.39, 0.29) is 10.8 Å². The maximum absolute atomic E-state index is 13.2. The molecule has 3 aromatic rings. The standard InChI is InChI=1S/C26H26N4O3S3/c1-2-13-29-25(31)23(35-26(29)34)17-20-18-30(21-10-4-3-5-11-21)27-24(20)19-9-8-12-22(16-19)36(32,33)28-14-6-7-15-28/h3-5,8-12,16-18H,2,6-7,13-15H2,1H3. The Balaban J connectivity index is 1.59. The van der Waals surface area contributed by atoms with Crippen LogP contribution in [0.4, 0.5) is 0 Å². The summed E-state index contributed by atoms with van der Waals surface area (Å²) in [6.07, 6.45) is 6.23. The van der Waals surface area contributed by atoms with Crippen molar-refractivity contribution in [2.75, 3.05) is 19.6 Å². The highest BCUT2D eigenvalue weighted by molar-refractivity contribution is 8.26. The van der Waals surface area contributed by atoms with Crippen LogP contribution in [-0.4, -0.2) is 57.3 Å². The van der Waals surface area contributed by atoms with Crippen molar-refractivity contribution >= 4 is 50.3 Å². The van der Waals surface area contributed by atoms with E-state index in [0.29, 0.717) is 45.7 Å². The van der Waals surface area contributed by atoms with Gasteiger partial charge in [0, 0.05) is 37.0 Å². The van der Waals surface area contributed by atoms with Gasteiger partial charge in [0.2, 0.25) is 10.0 Å². The number of carbonyl (C=O) groups excluding carboxylic acids is 1. The van der Waals surface area contributed by atoms with Crippen LogP contribution >= 0.6 is 24.0 Å². The first kappa shape index (κ1) is 24.9. The highest BCUT2D eigenvalue weighted by Gasteiger charge is 2.32. The van der Waals surface area contributed by atoms with Gasteiger partial charge in [-0.3, -0.25) is 9.69 Å². The lowest BCUT2D eigenvalue weighted by Gasteiger charge is -2.16. The van der Waals surface area contributed by atoms with E-state index in [1.807, 2.05) is 49.5 Å². The monoisotopic (exact) mass is 538 g/mol. The number of thiocarbonyl (C=S) groups is 1. The Morgan fingerprint density at radius 3 is 2.56 bits per heavy atom. The second-order valence-electron chi connectivity index (χ2n) is 8.69. The maximum Gasteiger partial charge on any atom is 0.266 e. The summed E-state index contributed by atoms with van der Waals surface area (Å²) in [4.78, 5) is 15.4. The van der Waals surface area contributed by atoms with Gasteiger partial charge >= 0.3 is 0 Å². The van der Waals surface area contributed by atoms with Crippen LogP contribution in [0, 0.1) is 0 Å². The molecular formula is C26H26N4O3S3. The third-order valence-corrected chi connectivity index (χ3v) is 9.45. The van der Waals surface area contributed by atoms with E-state index < -0.39 is 10.0 Å². The minimum absolute atomic E-state index is 0.115. The van der Waals surface area contributed by atoms with Gasteiger partial charge in [-0.15, -0.1) is 0 Å². The van der Waals surface area contributed by atoms with Crippen LogP contribution in [0.3, 0.4) is 0 Å². The third-order valence-electron chi connectivity index (χ3n) is 6.18. The lowest BCUT2D eigenvalue weighted by molar-refractivity contribution is -0.122. The van der Waals surface area contributed by atoms with Gasteiger partial charge < -0.3 is 0 Å². The van der Waals surface area contributed by atoms with Gasteiger partial charge in [0.25, 0.3) is 5.91 Å². The molecule has 2 fully saturated rings. The number of hydrogen-bond acceptors (Lipinski definition) is 6. The van der Waals surface area contributed by atoms with Gasteiger partial charge in [0.05, 0.1) is 15.5 Å². The number of benzene rings is 2. The first-order valence-electron chi connectivity index (χ1n) is 11.9. The second-order valence-corrected chi connectivity index (χ2v) is 12.3. The minimum Gasteiger partial charge on any atom is -0.293 e. The van der Waals surface area contributed by atoms with Crippen LogP contribution < -0.4 is 0 Å². The SMILES string of the molecule is CCCN1C(=O)C(=Cc2cn(-c3ccccc3)nc2-c2cccc(S(=O)(=O)N3CCCC3)c2)SC1=S. The molecule has 2 aromatic carbocycles. The molecule has 5 rings (SSSR count). The topological polar surface area (TPSA) is 75.5 Å². The van der Waals surface area contributed by atoms with Crippen LogP contribution in [0.25, 0.3) is 23.0 Å². The van der Waals surface area contributed by atoms with Gasteiger partial charge in [0.15, 0.2) is 0 Å². The molecule has 186 valence electrons. The average Bonchev–Trinajstić information content (AvgIpc) is 3.63. The molecule has 2 aliphatic heterocycles. The predicted octanol–water partition coefficient (Wildman–Crippen LogP) is 4.94. The Morgan fingerprint density at radius 2 is 1.83 bits per heavy atom. The molecule has 0 N–H and O–H groups in total. The van der Waals surface area contributed by atoms with Crippen LogP contribution in [0.15, 0.2) is 70.6 Å². The van der Waals surface area contributed by atoms with Crippen molar-refractivity contribution in [3.63, 3.8) is 0 Å². The van der Waals surface area contributed by atoms with E-state index in [1.54, 1.807) is 33.9 Å². The number of para-hydroxylation sites is 1. The number of amides is 1. The molecule has 0 aliphatic carbocycles. The van der Waals surface area contributed by atoms with Gasteiger partial charge in [-0.1, -0.05) is 61.2 Å². The lowest BCUT2D eigenvalue weighted by atomic mass is 10.1. The quantitative estimate of drug-likeness (QED) is 0.314. The summed E-state index contributed by atoms with van der Waals surface area (Å²) in [7, 11) is -3.58. The van der Waals surface area contributed by atoms with Crippen LogP contribution in [0.2, 0.25) is 0 Å². The fraction of sp³-hybridized carbons (Fsp3) is 0.269. The number of sulfonamides is 1. The Bertz CT molecular complexity index is 1440. The summed E-state index contributed by atoms with van der Waals surface area (Å²) in [5.41, 5.74) is 2.84. The molecule has 0 radical (unpaired) electrons. The lowest BCUT2D eigenvalue weighted by Crippen LogP contribution is -2.28. The summed E-state index contributed by atoms with van der Waals surface area (Å²) in [6, 6.07) is 16.5. The van der Waals surface area contributed by atoms with Gasteiger partial charge in [0.1, 0.15) is 10.0 Å². The Kier molecular flexibility index (Phi) is 7.11. The van der Waals surface area contributed by atoms with E-state index in [1.165, 1.54) is 16.1 Å². The van der Waals surface area contributed by atoms with E-state index in [9.17, 15) is 13.2 Å². The molecule has 7 nitrogen and oxygen atoms in total. The molecule has 3 heterocycles. The average molecular weight is 539 g/mol. The number of hydrogen-bond donors (Lipinski definition) is 0. The number of aromatic nitrogens is 2. The Labute approximate surface area is 220 Å². The molecule has 0 unspecified atom stereocenters. The molecular weight excluding hydrogens is 513 g/mol. The van der Waals surface area contributed by atoms with Crippen molar-refractivity contribution in [1.82, 2.24) is 19.0 Å². The number of thioether (sulfide) groups is 1. The number of nitrogens with zero attached hydrogens (tertiary/aromatic N) is 4. The molecule has 2 saturated heterocycles. The summed E-state index contributed by atoms with van der Waals surface area (Å²) >= 11 is 6.71. The zero-order valence-electron chi connectivity index (χ0n) is 19.8. The van der Waals surface area contributed by atoms with Crippen molar-refractivity contribution in [3.05, 3.63) is 71.3 Å². The second kappa shape index (κ2) is 10.3. The molecule has 36 heavy (non-hydrogen) atoms. The molecule has 0 bridgehead atoms. The van der Waals surface area contributed by atoms with Crippen molar-refractivity contribution in [2.24, 2.45) is 0 Å². The molecule has 0 saturated carbocycles. The molecule has 1 aromatic heterocycles. The predicted molar refractivity (Wildman–Crippen MR) is 147 cm³/mol. The fourth-order valence-electron chi connectivity index (χ4n) is 4.37. The van der Waals surface area contributed by atoms with E-state index in [4.69, 9.17) is 17.3 Å². The molecule has 10 heteroatoms. The maximum atomic E-state index is 13.2. The summed E-state index contributed by atoms with van der Waals surface area (Å²) < 4.78 is 30.2. The van der Waals surface area contributed by atoms with Gasteiger partial charge in [-0.2, -0.15) is 9.40 Å². The summed E-state index contributed by atoms with van der Waals surface area (Å²) in [5.74, 6) is -0.115. The normalized spacial score (nSPS) is 18.0. The van der Waals surface area contributed by atoms with E-state index in [2.05, 4.69) is 0 Å². The highest BCUT2D eigenvalue weighted by Crippen LogP contribution is 2.35. The van der Waals surface area contributed by atoms with E-state index >= 15 is 0 Å². The summed E-state index contributed by atoms with van der Waals surface area (Å²) in [6.45, 7) is 3.67. The van der Waals surface area contributed by atoms with Crippen LogP contribution in [0.5, 0.6) is 0 Å². The van der Waals surface area contributed by atoms with Crippen LogP contribution in [-0.2, 0) is 14.8 Å². The Hall–Kier alpha value is -2.79. The minimum atomic E-state index is -3.58. The third kappa shape index (κ3) is 4.78. The van der Waals surface area contributed by atoms with Crippen molar-refractivity contribution in [3.8, 4) is 16.9 Å². The first-order chi connectivity index (χ1) is 17.4. The zero-order valence-corrected chi connectivity index (χ0v) is 22.3. The first-order valence-corrected chi connectivity index (χ1v) is 14.6. The molecule has 0 spiro atoms. The Morgan fingerprint density at radius 1 is 1.08 bits per heavy atom. The van der Waals surface area contributed by atoms with Crippen molar-refractivity contribution in [2.45, 2.75) is 31.1 Å². The van der Waals surface area contributed by atoms with Crippen molar-refractivity contribution in [1.29, 1.82) is 0 Å². The number of rotatable bonds is 7. The smallest absolute Gasteiger partial charge is 0.266 e. The fourth-order valence-corrected chi connectivity index (χ4v) is 7.23. The van der Waals surface area contributed by atoms with E-state index in [0.717, 1.165) is 24.9 Å². The van der Waals surface area contributed by atoms with Crippen molar-refractivity contribution < 1.29 is 13.2 Å². The van der Waals surface area contributed by atoms with Crippen LogP contribution in [0.1, 0.15) is 31.7 Å². The zero-order chi connectivity index (χ0) is 25.3. The molecule has 2 aliphatic rings. The summed E-state index contributed by atoms with van der Waals surface area (Å²) in [5, 5.41) is 4.81. The van der Waals surface area contributed by atoms with Gasteiger partial charge in [-0.05, 0) is 49.6 Å². The number of carbonyl (C=O) groups is 1. The highest BCUT2D eigenvalue weighted by atomic mass is 32.2. The van der Waals surface area contributed by atoms with Gasteiger partial charge in [-0.25, -0.2) is 13.1 Å². The largest absolute Gasteiger partial charge is 0.293 e. The molecule has 0 atom stereocenters.